The van der Waals surface area contributed by atoms with Crippen LogP contribution in [0.5, 0.6) is 0 Å². The minimum absolute atomic E-state index is 0.709. The quantitative estimate of drug-likeness (QED) is 0.767. The number of hydrogen-bond acceptors (Lipinski definition) is 2. The number of aryl methyl sites for hydroxylation is 2. The van der Waals surface area contributed by atoms with Gasteiger partial charge in [-0.15, -0.1) is 0 Å². The number of nitriles is 1. The monoisotopic (exact) mass is 300 g/mol. The fourth-order valence-electron chi connectivity index (χ4n) is 3.79. The molecule has 2 aliphatic heterocycles. The Bertz CT molecular complexity index is 763. The molecule has 0 radical (unpaired) electrons. The first-order valence-electron chi connectivity index (χ1n) is 8.42. The largest absolute Gasteiger partial charge is 0.371 e. The van der Waals surface area contributed by atoms with Gasteiger partial charge in [-0.3, -0.25) is 0 Å². The zero-order valence-corrected chi connectivity index (χ0v) is 13.3. The molecule has 0 amide bonds. The third-order valence-corrected chi connectivity index (χ3v) is 4.86. The standard InChI is InChI=1S/C21H20N2/c22-15-17-8-5-16(6-9-17)7-10-18-13-19-3-1-11-23-12-2-4-20(14-18)21(19)23/h5-10,13-14H,1-4,11-12H2/b10-7+. The van der Waals surface area contributed by atoms with Gasteiger partial charge in [0.1, 0.15) is 0 Å². The second-order valence-electron chi connectivity index (χ2n) is 6.45. The summed E-state index contributed by atoms with van der Waals surface area (Å²) in [5.41, 5.74) is 7.71. The minimum atomic E-state index is 0.709. The molecule has 114 valence electrons. The molecule has 0 spiro atoms. The van der Waals surface area contributed by atoms with E-state index >= 15 is 0 Å². The van der Waals surface area contributed by atoms with E-state index in [-0.39, 0.29) is 0 Å². The SMILES string of the molecule is N#Cc1ccc(/C=C/c2cc3c4c(c2)CCCN4CCC3)cc1. The zero-order valence-electron chi connectivity index (χ0n) is 13.3. The summed E-state index contributed by atoms with van der Waals surface area (Å²) < 4.78 is 0. The third-order valence-electron chi connectivity index (χ3n) is 4.86. The highest BCUT2D eigenvalue weighted by atomic mass is 15.1. The van der Waals surface area contributed by atoms with Crippen molar-refractivity contribution in [1.82, 2.24) is 0 Å². The molecule has 4 rings (SSSR count). The topological polar surface area (TPSA) is 27.0 Å². The van der Waals surface area contributed by atoms with E-state index in [0.717, 1.165) is 5.56 Å². The maximum atomic E-state index is 8.86. The molecule has 2 aliphatic rings. The van der Waals surface area contributed by atoms with Gasteiger partial charge in [-0.1, -0.05) is 24.3 Å². The minimum Gasteiger partial charge on any atom is -0.371 e. The molecule has 2 nitrogen and oxygen atoms in total. The summed E-state index contributed by atoms with van der Waals surface area (Å²) in [4.78, 5) is 2.58. The van der Waals surface area contributed by atoms with Crippen LogP contribution in [0, 0.1) is 11.3 Å². The molecule has 0 saturated carbocycles. The van der Waals surface area contributed by atoms with Crippen LogP contribution in [0.1, 0.15) is 40.7 Å². The summed E-state index contributed by atoms with van der Waals surface area (Å²) in [5.74, 6) is 0. The molecule has 0 saturated heterocycles. The van der Waals surface area contributed by atoms with E-state index in [9.17, 15) is 0 Å². The molecule has 0 bridgehead atoms. The molecule has 2 aromatic rings. The van der Waals surface area contributed by atoms with Gasteiger partial charge in [-0.2, -0.15) is 5.26 Å². The summed E-state index contributed by atoms with van der Waals surface area (Å²) in [6, 6.07) is 14.6. The maximum Gasteiger partial charge on any atom is 0.0991 e. The Hall–Kier alpha value is -2.53. The fraction of sp³-hybridized carbons (Fsp3) is 0.286. The van der Waals surface area contributed by atoms with Crippen LogP contribution in [-0.4, -0.2) is 13.1 Å². The van der Waals surface area contributed by atoms with Gasteiger partial charge in [0.15, 0.2) is 0 Å². The lowest BCUT2D eigenvalue weighted by Gasteiger charge is -2.37. The van der Waals surface area contributed by atoms with Crippen LogP contribution in [0.15, 0.2) is 36.4 Å². The molecule has 0 unspecified atom stereocenters. The van der Waals surface area contributed by atoms with Crippen LogP contribution >= 0.6 is 0 Å². The first-order chi connectivity index (χ1) is 11.3. The molecule has 0 fully saturated rings. The zero-order chi connectivity index (χ0) is 15.6. The van der Waals surface area contributed by atoms with Crippen LogP contribution < -0.4 is 4.90 Å². The van der Waals surface area contributed by atoms with Crippen molar-refractivity contribution >= 4 is 17.8 Å². The molecule has 2 heterocycles. The lowest BCUT2D eigenvalue weighted by Crippen LogP contribution is -2.34. The van der Waals surface area contributed by atoms with Crippen molar-refractivity contribution in [3.05, 3.63) is 64.2 Å². The summed E-state index contributed by atoms with van der Waals surface area (Å²) in [7, 11) is 0. The number of hydrogen-bond donors (Lipinski definition) is 0. The molecule has 0 N–H and O–H groups in total. The second kappa shape index (κ2) is 5.93. The van der Waals surface area contributed by atoms with Crippen molar-refractivity contribution in [2.24, 2.45) is 0 Å². The molecule has 0 aliphatic carbocycles. The Labute approximate surface area is 137 Å². The van der Waals surface area contributed by atoms with Gasteiger partial charge < -0.3 is 4.90 Å². The molecular formula is C21H20N2. The average molecular weight is 300 g/mol. The lowest BCUT2D eigenvalue weighted by molar-refractivity contribution is 0.634. The van der Waals surface area contributed by atoms with Gasteiger partial charge in [0.05, 0.1) is 11.6 Å². The van der Waals surface area contributed by atoms with Crippen LogP contribution in [0.2, 0.25) is 0 Å². The van der Waals surface area contributed by atoms with Crippen molar-refractivity contribution in [1.29, 1.82) is 5.26 Å². The van der Waals surface area contributed by atoms with Crippen LogP contribution in [0.4, 0.5) is 5.69 Å². The van der Waals surface area contributed by atoms with Gasteiger partial charge in [-0.05, 0) is 72.2 Å². The fourth-order valence-corrected chi connectivity index (χ4v) is 3.79. The first kappa shape index (κ1) is 14.1. The van der Waals surface area contributed by atoms with Crippen molar-refractivity contribution in [2.75, 3.05) is 18.0 Å². The highest BCUT2D eigenvalue weighted by molar-refractivity contribution is 5.74. The first-order valence-corrected chi connectivity index (χ1v) is 8.42. The Balaban J connectivity index is 1.64. The van der Waals surface area contributed by atoms with Crippen LogP contribution in [0.25, 0.3) is 12.2 Å². The van der Waals surface area contributed by atoms with Gasteiger partial charge in [-0.25, -0.2) is 0 Å². The average Bonchev–Trinajstić information content (AvgIpc) is 2.61. The Morgan fingerprint density at radius 1 is 0.870 bits per heavy atom. The van der Waals surface area contributed by atoms with E-state index in [1.54, 1.807) is 0 Å². The number of benzene rings is 2. The second-order valence-corrected chi connectivity index (χ2v) is 6.45. The van der Waals surface area contributed by atoms with Crippen molar-refractivity contribution in [2.45, 2.75) is 25.7 Å². The van der Waals surface area contributed by atoms with E-state index in [0.29, 0.717) is 5.56 Å². The van der Waals surface area contributed by atoms with Crippen molar-refractivity contribution in [3.63, 3.8) is 0 Å². The highest BCUT2D eigenvalue weighted by Crippen LogP contribution is 2.36. The van der Waals surface area contributed by atoms with Gasteiger partial charge >= 0.3 is 0 Å². The molecule has 23 heavy (non-hydrogen) atoms. The van der Waals surface area contributed by atoms with Gasteiger partial charge in [0.25, 0.3) is 0 Å². The third kappa shape index (κ3) is 2.75. The number of anilines is 1. The molecule has 0 atom stereocenters. The smallest absolute Gasteiger partial charge is 0.0991 e. The molecular weight excluding hydrogens is 280 g/mol. The summed E-state index contributed by atoms with van der Waals surface area (Å²) in [5, 5.41) is 8.86. The van der Waals surface area contributed by atoms with Gasteiger partial charge in [0, 0.05) is 18.8 Å². The van der Waals surface area contributed by atoms with Gasteiger partial charge in [0.2, 0.25) is 0 Å². The van der Waals surface area contributed by atoms with Crippen molar-refractivity contribution < 1.29 is 0 Å². The summed E-state index contributed by atoms with van der Waals surface area (Å²) in [6.45, 7) is 2.45. The van der Waals surface area contributed by atoms with E-state index < -0.39 is 0 Å². The molecule has 2 aromatic carbocycles. The predicted octanol–water partition coefficient (Wildman–Crippen LogP) is 4.43. The summed E-state index contributed by atoms with van der Waals surface area (Å²) in [6.07, 6.45) is 9.30. The molecule has 0 aromatic heterocycles. The number of rotatable bonds is 2. The molecule has 2 heteroatoms. The van der Waals surface area contributed by atoms with E-state index in [4.69, 9.17) is 5.26 Å². The summed E-state index contributed by atoms with van der Waals surface area (Å²) >= 11 is 0. The van der Waals surface area contributed by atoms with Crippen molar-refractivity contribution in [3.8, 4) is 6.07 Å². The van der Waals surface area contributed by atoms with E-state index in [1.165, 1.54) is 61.2 Å². The highest BCUT2D eigenvalue weighted by Gasteiger charge is 2.23. The maximum absolute atomic E-state index is 8.86. The Morgan fingerprint density at radius 2 is 1.48 bits per heavy atom. The normalized spacial score (nSPS) is 16.2. The van der Waals surface area contributed by atoms with Crippen LogP contribution in [0.3, 0.4) is 0 Å². The predicted molar refractivity (Wildman–Crippen MR) is 95.4 cm³/mol. The lowest BCUT2D eigenvalue weighted by atomic mass is 9.90. The van der Waals surface area contributed by atoms with E-state index in [2.05, 4.69) is 35.3 Å². The van der Waals surface area contributed by atoms with Crippen LogP contribution in [-0.2, 0) is 12.8 Å². The van der Waals surface area contributed by atoms with E-state index in [1.807, 2.05) is 24.3 Å². The Morgan fingerprint density at radius 3 is 2.09 bits per heavy atom. The Kier molecular flexibility index (Phi) is 3.63. The number of nitrogens with zero attached hydrogens (tertiary/aromatic N) is 2.